The summed E-state index contributed by atoms with van der Waals surface area (Å²) in [6.07, 6.45) is -1.75. The molecule has 27 heavy (non-hydrogen) atoms. The van der Waals surface area contributed by atoms with Crippen LogP contribution in [0, 0.1) is 6.92 Å². The van der Waals surface area contributed by atoms with Gasteiger partial charge in [0.2, 0.25) is 0 Å². The third-order valence-corrected chi connectivity index (χ3v) is 5.12. The Hall–Kier alpha value is -2.43. The molecule has 0 spiro atoms. The van der Waals surface area contributed by atoms with Crippen LogP contribution in [-0.2, 0) is 5.41 Å². The van der Waals surface area contributed by atoms with Gasteiger partial charge in [0.15, 0.2) is 0 Å². The molecule has 2 aliphatic rings. The third kappa shape index (κ3) is 3.31. The van der Waals surface area contributed by atoms with Crippen molar-refractivity contribution in [3.8, 4) is 22.6 Å². The Morgan fingerprint density at radius 2 is 1.85 bits per heavy atom. The van der Waals surface area contributed by atoms with Crippen molar-refractivity contribution in [2.24, 2.45) is 0 Å². The second kappa shape index (κ2) is 6.63. The summed E-state index contributed by atoms with van der Waals surface area (Å²) in [6.45, 7) is 12.0. The van der Waals surface area contributed by atoms with E-state index in [0.29, 0.717) is 0 Å². The van der Waals surface area contributed by atoms with Crippen LogP contribution < -0.4 is 9.47 Å². The Morgan fingerprint density at radius 1 is 1.22 bits per heavy atom. The maximum Gasteiger partial charge on any atom is 0.573 e. The average Bonchev–Trinajstić information content (AvgIpc) is 3.17. The lowest BCUT2D eigenvalue weighted by Crippen LogP contribution is -2.16. The number of fused-ring (bicyclic) bond motifs is 3. The first kappa shape index (κ1) is 19.3. The van der Waals surface area contributed by atoms with E-state index in [2.05, 4.69) is 24.3 Å². The minimum Gasteiger partial charge on any atom is -0.488 e. The van der Waals surface area contributed by atoms with E-state index >= 15 is 0 Å². The van der Waals surface area contributed by atoms with Gasteiger partial charge in [0.25, 0.3) is 0 Å². The molecule has 0 saturated heterocycles. The highest BCUT2D eigenvalue weighted by Gasteiger charge is 2.61. The first-order valence-electron chi connectivity index (χ1n) is 9.06. The minimum atomic E-state index is -4.69. The van der Waals surface area contributed by atoms with E-state index in [4.69, 9.17) is 4.74 Å². The largest absolute Gasteiger partial charge is 0.573 e. The molecule has 2 nitrogen and oxygen atoms in total. The van der Waals surface area contributed by atoms with E-state index < -0.39 is 6.36 Å². The second-order valence-corrected chi connectivity index (χ2v) is 6.86. The average molecular weight is 376 g/mol. The summed E-state index contributed by atoms with van der Waals surface area (Å²) in [6, 6.07) is 8.05. The van der Waals surface area contributed by atoms with Crippen molar-refractivity contribution in [1.82, 2.24) is 0 Å². The Kier molecular flexibility index (Phi) is 4.74. The lowest BCUT2D eigenvalue weighted by Gasteiger charge is -2.18. The van der Waals surface area contributed by atoms with Crippen molar-refractivity contribution in [3.05, 3.63) is 53.6 Å². The van der Waals surface area contributed by atoms with Crippen LogP contribution in [0.15, 0.2) is 36.9 Å². The predicted octanol–water partition coefficient (Wildman–Crippen LogP) is 6.65. The molecule has 2 atom stereocenters. The summed E-state index contributed by atoms with van der Waals surface area (Å²) in [5.41, 5.74) is 4.97. The van der Waals surface area contributed by atoms with Crippen LogP contribution >= 0.6 is 0 Å². The van der Waals surface area contributed by atoms with Crippen LogP contribution in [0.1, 0.15) is 43.9 Å². The molecule has 0 aromatic heterocycles. The molecule has 1 heterocycles. The van der Waals surface area contributed by atoms with Gasteiger partial charge in [-0.25, -0.2) is 0 Å². The number of alkyl halides is 3. The zero-order valence-corrected chi connectivity index (χ0v) is 15.9. The van der Waals surface area contributed by atoms with Gasteiger partial charge in [0, 0.05) is 16.5 Å². The molecule has 1 aliphatic heterocycles. The van der Waals surface area contributed by atoms with Gasteiger partial charge in [-0.3, -0.25) is 0 Å². The molecule has 0 amide bonds. The van der Waals surface area contributed by atoms with Gasteiger partial charge in [-0.05, 0) is 42.2 Å². The molecule has 2 aromatic rings. The van der Waals surface area contributed by atoms with Crippen LogP contribution in [0.2, 0.25) is 0 Å². The number of benzene rings is 2. The molecule has 0 radical (unpaired) electrons. The summed E-state index contributed by atoms with van der Waals surface area (Å²) < 4.78 is 47.1. The maximum atomic E-state index is 12.3. The topological polar surface area (TPSA) is 18.5 Å². The highest BCUT2D eigenvalue weighted by Crippen LogP contribution is 2.62. The highest BCUT2D eigenvalue weighted by molar-refractivity contribution is 5.81. The van der Waals surface area contributed by atoms with Crippen molar-refractivity contribution < 1.29 is 22.6 Å². The monoisotopic (exact) mass is 376 g/mol. The number of halogens is 3. The van der Waals surface area contributed by atoms with Gasteiger partial charge in [0.05, 0.1) is 0 Å². The fraction of sp³-hybridized carbons (Fsp3) is 0.364. The normalized spacial score (nSPS) is 22.0. The van der Waals surface area contributed by atoms with Gasteiger partial charge >= 0.3 is 6.36 Å². The quantitative estimate of drug-likeness (QED) is 0.597. The Labute approximate surface area is 157 Å². The molecule has 0 N–H and O–H groups in total. The Bertz CT molecular complexity index is 869. The first-order valence-corrected chi connectivity index (χ1v) is 9.06. The van der Waals surface area contributed by atoms with Crippen molar-refractivity contribution in [2.45, 2.75) is 52.0 Å². The van der Waals surface area contributed by atoms with Crippen molar-refractivity contribution in [3.63, 3.8) is 0 Å². The number of aryl methyl sites for hydroxylation is 1. The zero-order chi connectivity index (χ0) is 20.0. The fourth-order valence-electron chi connectivity index (χ4n) is 3.71. The van der Waals surface area contributed by atoms with Gasteiger partial charge < -0.3 is 9.47 Å². The number of ether oxygens (including phenoxy) is 2. The predicted molar refractivity (Wildman–Crippen MR) is 101 cm³/mol. The first-order chi connectivity index (χ1) is 12.7. The zero-order valence-electron chi connectivity index (χ0n) is 15.9. The summed E-state index contributed by atoms with van der Waals surface area (Å²) in [5.74, 6) is 0.637. The molecule has 2 aromatic carbocycles. The van der Waals surface area contributed by atoms with Crippen molar-refractivity contribution >= 4 is 6.08 Å². The Balaban J connectivity index is 0.00000102. The van der Waals surface area contributed by atoms with E-state index in [-0.39, 0.29) is 17.3 Å². The van der Waals surface area contributed by atoms with Crippen molar-refractivity contribution in [2.75, 3.05) is 0 Å². The van der Waals surface area contributed by atoms with E-state index in [0.717, 1.165) is 40.0 Å². The molecule has 1 saturated carbocycles. The van der Waals surface area contributed by atoms with Crippen LogP contribution in [0.3, 0.4) is 0 Å². The Morgan fingerprint density at radius 3 is 2.41 bits per heavy atom. The van der Waals surface area contributed by atoms with E-state index in [1.807, 2.05) is 20.8 Å². The van der Waals surface area contributed by atoms with Gasteiger partial charge in [-0.1, -0.05) is 51.6 Å². The smallest absolute Gasteiger partial charge is 0.488 e. The van der Waals surface area contributed by atoms with Crippen LogP contribution in [-0.4, -0.2) is 12.5 Å². The van der Waals surface area contributed by atoms with E-state index in [9.17, 15) is 13.2 Å². The molecule has 1 aliphatic carbocycles. The molecule has 5 heteroatoms. The number of hydrogen-bond donors (Lipinski definition) is 0. The molecule has 1 fully saturated rings. The molecule has 2 unspecified atom stereocenters. The van der Waals surface area contributed by atoms with Crippen molar-refractivity contribution in [1.29, 1.82) is 0 Å². The summed E-state index contributed by atoms with van der Waals surface area (Å²) in [7, 11) is 0. The van der Waals surface area contributed by atoms with Gasteiger partial charge in [0.1, 0.15) is 17.6 Å². The lowest BCUT2D eigenvalue weighted by molar-refractivity contribution is -0.274. The molecular formula is C22H23F3O2. The lowest BCUT2D eigenvalue weighted by atomic mass is 9.86. The molecule has 0 bridgehead atoms. The third-order valence-electron chi connectivity index (χ3n) is 5.12. The summed E-state index contributed by atoms with van der Waals surface area (Å²) in [5, 5.41) is 0. The standard InChI is InChI=1S/C20H17F3O2.C2H6/c1-4-14-11(2)9-15(17-18(14)24-16-10-19(16,17)3)12-5-7-13(8-6-12)25-20(21,22)23;1-2/h4-9,16H,1,10H2,2-3H3;1-2H3. The minimum absolute atomic E-state index is 0.0305. The van der Waals surface area contributed by atoms with E-state index in [1.54, 1.807) is 18.2 Å². The number of rotatable bonds is 3. The van der Waals surface area contributed by atoms with E-state index in [1.165, 1.54) is 12.1 Å². The fourth-order valence-corrected chi connectivity index (χ4v) is 3.71. The van der Waals surface area contributed by atoms with Crippen LogP contribution in [0.4, 0.5) is 13.2 Å². The SMILES string of the molecule is C=Cc1c(C)cc(-c2ccc(OC(F)(F)F)cc2)c2c1OC1CC21C.CC. The van der Waals surface area contributed by atoms with Crippen LogP contribution in [0.5, 0.6) is 11.5 Å². The molecule has 4 rings (SSSR count). The highest BCUT2D eigenvalue weighted by atomic mass is 19.4. The maximum absolute atomic E-state index is 12.3. The summed E-state index contributed by atoms with van der Waals surface area (Å²) in [4.78, 5) is 0. The second-order valence-electron chi connectivity index (χ2n) is 6.86. The van der Waals surface area contributed by atoms with Crippen LogP contribution in [0.25, 0.3) is 17.2 Å². The summed E-state index contributed by atoms with van der Waals surface area (Å²) >= 11 is 0. The van der Waals surface area contributed by atoms with Gasteiger partial charge in [-0.15, -0.1) is 13.2 Å². The molecular weight excluding hydrogens is 353 g/mol. The van der Waals surface area contributed by atoms with Gasteiger partial charge in [-0.2, -0.15) is 0 Å². The number of hydrogen-bond acceptors (Lipinski definition) is 2. The molecule has 144 valence electrons.